The van der Waals surface area contributed by atoms with E-state index in [4.69, 9.17) is 0 Å². The number of hydrogen-bond donors (Lipinski definition) is 0. The second kappa shape index (κ2) is 11.6. The molecule has 2 aromatic rings. The quantitative estimate of drug-likeness (QED) is 0.639. The molecular formula is C20H28Ni. The fourth-order valence-corrected chi connectivity index (χ4v) is 2.02. The van der Waals surface area contributed by atoms with Gasteiger partial charge in [-0.3, -0.25) is 0 Å². The van der Waals surface area contributed by atoms with Crippen LogP contribution in [0.2, 0.25) is 0 Å². The van der Waals surface area contributed by atoms with E-state index >= 15 is 0 Å². The normalized spacial score (nSPS) is 9.33. The van der Waals surface area contributed by atoms with Crippen molar-refractivity contribution in [2.24, 2.45) is 0 Å². The molecule has 0 aromatic heterocycles. The van der Waals surface area contributed by atoms with Crippen molar-refractivity contribution < 1.29 is 16.5 Å². The molecule has 118 valence electrons. The molecule has 0 spiro atoms. The minimum atomic E-state index is 0. The molecule has 0 radical (unpaired) electrons. The molecule has 1 heteroatoms. The van der Waals surface area contributed by atoms with Gasteiger partial charge in [0.05, 0.1) is 0 Å². The van der Waals surface area contributed by atoms with Crippen LogP contribution in [0.3, 0.4) is 0 Å². The van der Waals surface area contributed by atoms with Crippen LogP contribution in [-0.2, 0) is 42.2 Å². The molecule has 0 heterocycles. The largest absolute Gasteiger partial charge is 0.0613 e. The van der Waals surface area contributed by atoms with E-state index in [1.807, 2.05) is 0 Å². The molecule has 0 aliphatic rings. The Balaban J connectivity index is 0.000000364. The van der Waals surface area contributed by atoms with Crippen molar-refractivity contribution in [2.45, 2.75) is 53.4 Å². The number of aryl methyl sites for hydroxylation is 4. The Hall–Kier alpha value is -1.07. The fraction of sp³-hybridized carbons (Fsp3) is 0.400. The zero-order chi connectivity index (χ0) is 14.8. The first-order chi connectivity index (χ1) is 9.73. The minimum Gasteiger partial charge on any atom is -0.0613 e. The van der Waals surface area contributed by atoms with E-state index in [1.165, 1.54) is 22.3 Å². The van der Waals surface area contributed by atoms with Crippen molar-refractivity contribution in [3.8, 4) is 0 Å². The van der Waals surface area contributed by atoms with Crippen LogP contribution in [0.5, 0.6) is 0 Å². The summed E-state index contributed by atoms with van der Waals surface area (Å²) in [4.78, 5) is 0. The van der Waals surface area contributed by atoms with Crippen LogP contribution < -0.4 is 0 Å². The summed E-state index contributed by atoms with van der Waals surface area (Å²) in [5.41, 5.74) is 5.71. The Kier molecular flexibility index (Phi) is 11.0. The van der Waals surface area contributed by atoms with Gasteiger partial charge in [0.25, 0.3) is 0 Å². The van der Waals surface area contributed by atoms with Gasteiger partial charge in [0.1, 0.15) is 0 Å². The maximum absolute atomic E-state index is 2.21. The minimum absolute atomic E-state index is 0. The number of benzene rings is 2. The number of hydrogen-bond acceptors (Lipinski definition) is 0. The molecule has 0 saturated heterocycles. The summed E-state index contributed by atoms with van der Waals surface area (Å²) in [6.07, 6.45) is 4.57. The molecular weight excluding hydrogens is 299 g/mol. The molecule has 0 amide bonds. The summed E-state index contributed by atoms with van der Waals surface area (Å²) in [6, 6.07) is 17.7. The van der Waals surface area contributed by atoms with Crippen molar-refractivity contribution in [1.29, 1.82) is 0 Å². The Morgan fingerprint density at radius 1 is 0.429 bits per heavy atom. The second-order valence-electron chi connectivity index (χ2n) is 5.05. The molecule has 0 bridgehead atoms. The molecule has 0 fully saturated rings. The molecule has 0 N–H and O–H groups in total. The van der Waals surface area contributed by atoms with Crippen LogP contribution in [0.1, 0.15) is 49.9 Å². The van der Waals surface area contributed by atoms with E-state index in [1.54, 1.807) is 0 Å². The molecule has 0 saturated carbocycles. The van der Waals surface area contributed by atoms with Crippen LogP contribution >= 0.6 is 0 Å². The third-order valence-electron chi connectivity index (χ3n) is 3.68. The van der Waals surface area contributed by atoms with E-state index in [2.05, 4.69) is 76.2 Å². The van der Waals surface area contributed by atoms with Crippen LogP contribution in [0.25, 0.3) is 0 Å². The van der Waals surface area contributed by atoms with Crippen molar-refractivity contribution in [2.75, 3.05) is 0 Å². The van der Waals surface area contributed by atoms with Gasteiger partial charge in [0, 0.05) is 16.5 Å². The van der Waals surface area contributed by atoms with E-state index in [-0.39, 0.29) is 16.5 Å². The maximum Gasteiger partial charge on any atom is 0 e. The van der Waals surface area contributed by atoms with E-state index in [0.717, 1.165) is 25.7 Å². The van der Waals surface area contributed by atoms with Gasteiger partial charge >= 0.3 is 0 Å². The average molecular weight is 327 g/mol. The topological polar surface area (TPSA) is 0 Å². The van der Waals surface area contributed by atoms with Gasteiger partial charge in [0.2, 0.25) is 0 Å². The molecule has 0 unspecified atom stereocenters. The zero-order valence-corrected chi connectivity index (χ0v) is 14.8. The first-order valence-electron chi connectivity index (χ1n) is 7.89. The van der Waals surface area contributed by atoms with E-state index in [0.29, 0.717) is 0 Å². The van der Waals surface area contributed by atoms with Gasteiger partial charge in [-0.15, -0.1) is 0 Å². The molecule has 21 heavy (non-hydrogen) atoms. The standard InChI is InChI=1S/2C10H14.Ni/c2*1-3-9-5-7-10(4-2)8-6-9;/h2*5-8H,3-4H2,1-2H3;. The maximum atomic E-state index is 2.21. The van der Waals surface area contributed by atoms with Gasteiger partial charge in [-0.1, -0.05) is 76.2 Å². The predicted molar refractivity (Wildman–Crippen MR) is 90.4 cm³/mol. The fourth-order valence-electron chi connectivity index (χ4n) is 2.02. The Bertz CT molecular complexity index is 375. The Morgan fingerprint density at radius 3 is 0.667 bits per heavy atom. The summed E-state index contributed by atoms with van der Waals surface area (Å²) in [5.74, 6) is 0. The smallest absolute Gasteiger partial charge is 0 e. The molecule has 2 rings (SSSR count). The van der Waals surface area contributed by atoms with Gasteiger partial charge in [-0.2, -0.15) is 0 Å². The predicted octanol–water partition coefficient (Wildman–Crippen LogP) is 5.62. The van der Waals surface area contributed by atoms with Gasteiger partial charge in [-0.25, -0.2) is 0 Å². The van der Waals surface area contributed by atoms with Gasteiger partial charge in [-0.05, 0) is 47.9 Å². The van der Waals surface area contributed by atoms with Crippen LogP contribution in [0.4, 0.5) is 0 Å². The Morgan fingerprint density at radius 2 is 0.571 bits per heavy atom. The van der Waals surface area contributed by atoms with Crippen molar-refractivity contribution >= 4 is 0 Å². The van der Waals surface area contributed by atoms with Crippen molar-refractivity contribution in [1.82, 2.24) is 0 Å². The third-order valence-corrected chi connectivity index (χ3v) is 3.68. The van der Waals surface area contributed by atoms with Crippen LogP contribution in [0.15, 0.2) is 48.5 Å². The first-order valence-corrected chi connectivity index (χ1v) is 7.89. The SMILES string of the molecule is CCc1ccc(CC)cc1.CCc1ccc(CC)cc1.[Ni]. The summed E-state index contributed by atoms with van der Waals surface area (Å²) in [7, 11) is 0. The monoisotopic (exact) mass is 326 g/mol. The molecule has 0 atom stereocenters. The average Bonchev–Trinajstić information content (AvgIpc) is 2.55. The van der Waals surface area contributed by atoms with Gasteiger partial charge < -0.3 is 0 Å². The van der Waals surface area contributed by atoms with Crippen LogP contribution in [-0.4, -0.2) is 0 Å². The summed E-state index contributed by atoms with van der Waals surface area (Å²) in [5, 5.41) is 0. The first kappa shape index (κ1) is 19.9. The van der Waals surface area contributed by atoms with Crippen molar-refractivity contribution in [3.63, 3.8) is 0 Å². The zero-order valence-electron chi connectivity index (χ0n) is 13.8. The molecule has 0 aliphatic carbocycles. The summed E-state index contributed by atoms with van der Waals surface area (Å²) in [6.45, 7) is 8.73. The van der Waals surface area contributed by atoms with E-state index < -0.39 is 0 Å². The molecule has 0 aliphatic heterocycles. The molecule has 2 aromatic carbocycles. The van der Waals surface area contributed by atoms with E-state index in [9.17, 15) is 0 Å². The number of rotatable bonds is 4. The molecule has 0 nitrogen and oxygen atoms in total. The summed E-state index contributed by atoms with van der Waals surface area (Å²) >= 11 is 0. The van der Waals surface area contributed by atoms with Crippen molar-refractivity contribution in [3.05, 3.63) is 70.8 Å². The summed E-state index contributed by atoms with van der Waals surface area (Å²) < 4.78 is 0. The van der Waals surface area contributed by atoms with Gasteiger partial charge in [0.15, 0.2) is 0 Å². The Labute approximate surface area is 140 Å². The third kappa shape index (κ3) is 7.48. The van der Waals surface area contributed by atoms with Crippen LogP contribution in [0, 0.1) is 0 Å². The second-order valence-corrected chi connectivity index (χ2v) is 5.05.